The Labute approximate surface area is 169 Å². The van der Waals surface area contributed by atoms with Gasteiger partial charge in [0, 0.05) is 47.9 Å². The molecule has 7 heteroatoms. The van der Waals surface area contributed by atoms with Crippen LogP contribution >= 0.6 is 0 Å². The lowest BCUT2D eigenvalue weighted by Gasteiger charge is -2.44. The first kappa shape index (κ1) is 19.6. The molecular formula is C22H28N4O3. The molecule has 4 rings (SSSR count). The van der Waals surface area contributed by atoms with E-state index in [9.17, 15) is 14.4 Å². The van der Waals surface area contributed by atoms with E-state index in [2.05, 4.69) is 16.8 Å². The van der Waals surface area contributed by atoms with Gasteiger partial charge in [-0.25, -0.2) is 0 Å². The Balaban J connectivity index is 1.63. The lowest BCUT2D eigenvalue weighted by molar-refractivity contribution is -0.147. The fourth-order valence-corrected chi connectivity index (χ4v) is 4.98. The summed E-state index contributed by atoms with van der Waals surface area (Å²) in [4.78, 5) is 44.9. The maximum atomic E-state index is 13.3. The molecule has 29 heavy (non-hydrogen) atoms. The zero-order valence-corrected chi connectivity index (χ0v) is 16.9. The van der Waals surface area contributed by atoms with Crippen molar-refractivity contribution in [2.45, 2.75) is 51.1 Å². The second-order valence-corrected chi connectivity index (χ2v) is 8.24. The van der Waals surface area contributed by atoms with Crippen molar-refractivity contribution in [3.05, 3.63) is 45.7 Å². The van der Waals surface area contributed by atoms with Crippen LogP contribution in [0.2, 0.25) is 0 Å². The van der Waals surface area contributed by atoms with E-state index < -0.39 is 11.4 Å². The number of carbonyl (C=O) groups is 2. The van der Waals surface area contributed by atoms with Crippen molar-refractivity contribution in [3.63, 3.8) is 0 Å². The Hall–Kier alpha value is -2.67. The number of amides is 2. The Morgan fingerprint density at radius 2 is 1.93 bits per heavy atom. The van der Waals surface area contributed by atoms with E-state index in [1.165, 1.54) is 6.07 Å². The van der Waals surface area contributed by atoms with Crippen molar-refractivity contribution >= 4 is 22.7 Å². The number of likely N-dealkylation sites (tertiary alicyclic amines) is 2. The quantitative estimate of drug-likeness (QED) is 0.807. The lowest BCUT2D eigenvalue weighted by Crippen LogP contribution is -2.59. The Kier molecular flexibility index (Phi) is 5.17. The summed E-state index contributed by atoms with van der Waals surface area (Å²) < 4.78 is 0. The molecule has 0 aliphatic carbocycles. The molecular weight excluding hydrogens is 368 g/mol. The molecule has 2 aliphatic heterocycles. The minimum Gasteiger partial charge on any atom is -0.366 e. The van der Waals surface area contributed by atoms with E-state index in [1.54, 1.807) is 18.2 Å². The number of carbonyl (C=O) groups excluding carboxylic acids is 2. The summed E-state index contributed by atoms with van der Waals surface area (Å²) >= 11 is 0. The first-order valence-corrected chi connectivity index (χ1v) is 10.4. The van der Waals surface area contributed by atoms with Crippen LogP contribution in [0.1, 0.15) is 55.1 Å². The number of nitrogens with zero attached hydrogens (tertiary/aromatic N) is 2. The maximum absolute atomic E-state index is 13.3. The molecule has 2 amide bonds. The van der Waals surface area contributed by atoms with E-state index in [0.29, 0.717) is 23.0 Å². The summed E-state index contributed by atoms with van der Waals surface area (Å²) in [6.07, 6.45) is 4.74. The Bertz CT molecular complexity index is 1010. The second kappa shape index (κ2) is 7.63. The number of aromatic amines is 1. The third-order valence-electron chi connectivity index (χ3n) is 6.35. The molecule has 0 bridgehead atoms. The number of hydrogen-bond donors (Lipinski definition) is 2. The van der Waals surface area contributed by atoms with Crippen LogP contribution in [0.5, 0.6) is 0 Å². The molecule has 1 aromatic carbocycles. The number of H-pyrrole nitrogens is 1. The van der Waals surface area contributed by atoms with Gasteiger partial charge in [-0.1, -0.05) is 6.92 Å². The monoisotopic (exact) mass is 396 g/mol. The van der Waals surface area contributed by atoms with Crippen LogP contribution in [0.25, 0.3) is 10.9 Å². The van der Waals surface area contributed by atoms with Crippen LogP contribution in [-0.4, -0.2) is 51.8 Å². The minimum absolute atomic E-state index is 0.146. The van der Waals surface area contributed by atoms with Crippen molar-refractivity contribution in [1.29, 1.82) is 0 Å². The molecule has 1 atom stereocenters. The smallest absolute Gasteiger partial charge is 0.248 e. The first-order chi connectivity index (χ1) is 13.9. The van der Waals surface area contributed by atoms with Gasteiger partial charge in [-0.15, -0.1) is 0 Å². The molecule has 3 N–H and O–H groups in total. The third kappa shape index (κ3) is 3.44. The number of piperidine rings is 1. The van der Waals surface area contributed by atoms with Gasteiger partial charge in [0.2, 0.25) is 11.8 Å². The second-order valence-electron chi connectivity index (χ2n) is 8.24. The van der Waals surface area contributed by atoms with Gasteiger partial charge in [0.15, 0.2) is 5.43 Å². The lowest BCUT2D eigenvalue weighted by atomic mass is 9.85. The minimum atomic E-state index is -0.554. The van der Waals surface area contributed by atoms with Crippen LogP contribution in [0, 0.1) is 0 Å². The highest BCUT2D eigenvalue weighted by molar-refractivity contribution is 5.96. The van der Waals surface area contributed by atoms with E-state index in [1.807, 2.05) is 4.90 Å². The van der Waals surface area contributed by atoms with E-state index >= 15 is 0 Å². The van der Waals surface area contributed by atoms with Crippen LogP contribution in [-0.2, 0) is 11.3 Å². The molecule has 2 fully saturated rings. The molecule has 1 unspecified atom stereocenters. The average Bonchev–Trinajstić information content (AvgIpc) is 3.08. The largest absolute Gasteiger partial charge is 0.366 e. The van der Waals surface area contributed by atoms with Gasteiger partial charge in [0.1, 0.15) is 5.54 Å². The number of nitrogens with two attached hydrogens (primary N) is 1. The SMILES string of the molecule is CCCN1CCCC2(CCCN2Cc2cc(=O)c3cc(C(N)=O)ccc3[nH]2)C1=O. The van der Waals surface area contributed by atoms with Gasteiger partial charge in [-0.3, -0.25) is 19.3 Å². The number of rotatable bonds is 5. The summed E-state index contributed by atoms with van der Waals surface area (Å²) in [6.45, 7) is 5.14. The molecule has 0 radical (unpaired) electrons. The predicted molar refractivity (Wildman–Crippen MR) is 112 cm³/mol. The fourth-order valence-electron chi connectivity index (χ4n) is 4.98. The van der Waals surface area contributed by atoms with Crippen molar-refractivity contribution in [2.24, 2.45) is 5.73 Å². The number of hydrogen-bond acceptors (Lipinski definition) is 4. The molecule has 1 spiro atoms. The Morgan fingerprint density at radius 1 is 1.17 bits per heavy atom. The van der Waals surface area contributed by atoms with Crippen LogP contribution in [0.3, 0.4) is 0 Å². The number of benzene rings is 1. The van der Waals surface area contributed by atoms with Crippen molar-refractivity contribution in [2.75, 3.05) is 19.6 Å². The van der Waals surface area contributed by atoms with Crippen LogP contribution in [0.4, 0.5) is 0 Å². The third-order valence-corrected chi connectivity index (χ3v) is 6.35. The highest BCUT2D eigenvalue weighted by Crippen LogP contribution is 2.39. The molecule has 0 saturated carbocycles. The Morgan fingerprint density at radius 3 is 2.66 bits per heavy atom. The predicted octanol–water partition coefficient (Wildman–Crippen LogP) is 1.99. The van der Waals surface area contributed by atoms with E-state index in [4.69, 9.17) is 5.73 Å². The molecule has 7 nitrogen and oxygen atoms in total. The maximum Gasteiger partial charge on any atom is 0.248 e. The van der Waals surface area contributed by atoms with E-state index in [0.717, 1.165) is 57.4 Å². The summed E-state index contributed by atoms with van der Waals surface area (Å²) in [5, 5.41) is 0.448. The number of aromatic nitrogens is 1. The highest BCUT2D eigenvalue weighted by atomic mass is 16.2. The number of pyridine rings is 1. The summed E-state index contributed by atoms with van der Waals surface area (Å²) in [6, 6.07) is 6.45. The van der Waals surface area contributed by atoms with Gasteiger partial charge in [0.25, 0.3) is 0 Å². The first-order valence-electron chi connectivity index (χ1n) is 10.4. The standard InChI is InChI=1S/C22H28N4O3/c1-2-9-25-10-3-7-22(21(25)29)8-4-11-26(22)14-16-13-19(27)17-12-15(20(23)28)5-6-18(17)24-16/h5-6,12-13H,2-4,7-11,14H2,1H3,(H2,23,28)(H,24,27). The zero-order chi connectivity index (χ0) is 20.6. The topological polar surface area (TPSA) is 99.5 Å². The van der Waals surface area contributed by atoms with Gasteiger partial charge in [-0.05, 0) is 56.8 Å². The molecule has 2 aliphatic rings. The van der Waals surface area contributed by atoms with Gasteiger partial charge in [0.05, 0.1) is 0 Å². The van der Waals surface area contributed by atoms with Crippen molar-refractivity contribution in [3.8, 4) is 0 Å². The van der Waals surface area contributed by atoms with Gasteiger partial charge in [-0.2, -0.15) is 0 Å². The van der Waals surface area contributed by atoms with Gasteiger partial charge < -0.3 is 15.6 Å². The molecule has 154 valence electrons. The summed E-state index contributed by atoms with van der Waals surface area (Å²) in [7, 11) is 0. The number of fused-ring (bicyclic) bond motifs is 1. The number of nitrogens with one attached hydrogen (secondary N) is 1. The highest BCUT2D eigenvalue weighted by Gasteiger charge is 2.50. The molecule has 2 aromatic rings. The normalized spacial score (nSPS) is 22.7. The zero-order valence-electron chi connectivity index (χ0n) is 16.9. The molecule has 1 aromatic heterocycles. The average molecular weight is 396 g/mol. The van der Waals surface area contributed by atoms with Crippen LogP contribution < -0.4 is 11.2 Å². The van der Waals surface area contributed by atoms with Gasteiger partial charge >= 0.3 is 0 Å². The summed E-state index contributed by atoms with van der Waals surface area (Å²) in [5.74, 6) is -0.306. The van der Waals surface area contributed by atoms with Crippen molar-refractivity contribution in [1.82, 2.24) is 14.8 Å². The molecule has 3 heterocycles. The molecule has 2 saturated heterocycles. The number of primary amides is 1. The summed E-state index contributed by atoms with van der Waals surface area (Å²) in [5.41, 5.74) is 6.52. The fraction of sp³-hybridized carbons (Fsp3) is 0.500. The van der Waals surface area contributed by atoms with Crippen molar-refractivity contribution < 1.29 is 9.59 Å². The van der Waals surface area contributed by atoms with E-state index in [-0.39, 0.29) is 11.3 Å². The van der Waals surface area contributed by atoms with Crippen LogP contribution in [0.15, 0.2) is 29.1 Å².